The van der Waals surface area contributed by atoms with E-state index in [1.807, 2.05) is 51.1 Å². The first-order valence-corrected chi connectivity index (χ1v) is 11.9. The number of nitrogens with one attached hydrogen (secondary N) is 1. The summed E-state index contributed by atoms with van der Waals surface area (Å²) in [5.41, 5.74) is 5.32. The first kappa shape index (κ1) is 23.8. The van der Waals surface area contributed by atoms with Crippen molar-refractivity contribution in [3.8, 4) is 0 Å². The molecule has 5 aromatic rings. The number of carbonyl (C=O) groups excluding carboxylic acids is 1. The molecular formula is C28H24ClFN4O2. The largest absolute Gasteiger partial charge is 0.325 e. The molecule has 36 heavy (non-hydrogen) atoms. The van der Waals surface area contributed by atoms with E-state index >= 15 is 0 Å². The monoisotopic (exact) mass is 502 g/mol. The molecule has 0 atom stereocenters. The van der Waals surface area contributed by atoms with Gasteiger partial charge in [-0.05, 0) is 61.7 Å². The number of aryl methyl sites for hydroxylation is 3. The van der Waals surface area contributed by atoms with Gasteiger partial charge in [-0.15, -0.1) is 0 Å². The molecule has 0 fully saturated rings. The summed E-state index contributed by atoms with van der Waals surface area (Å²) >= 11 is 6.30. The lowest BCUT2D eigenvalue weighted by Gasteiger charge is -2.14. The summed E-state index contributed by atoms with van der Waals surface area (Å²) in [7, 11) is 0. The highest BCUT2D eigenvalue weighted by Crippen LogP contribution is 2.27. The normalized spacial score (nSPS) is 11.4. The number of hydrogen-bond donors (Lipinski definition) is 1. The van der Waals surface area contributed by atoms with Crippen molar-refractivity contribution in [1.82, 2.24) is 14.1 Å². The topological polar surface area (TPSA) is 68.9 Å². The predicted molar refractivity (Wildman–Crippen MR) is 141 cm³/mol. The molecular weight excluding hydrogens is 479 g/mol. The Balaban J connectivity index is 1.61. The van der Waals surface area contributed by atoms with Gasteiger partial charge in [-0.25, -0.2) is 9.37 Å². The van der Waals surface area contributed by atoms with Crippen LogP contribution in [0.5, 0.6) is 0 Å². The maximum atomic E-state index is 14.1. The Bertz CT molecular complexity index is 1700. The minimum Gasteiger partial charge on any atom is -0.325 e. The van der Waals surface area contributed by atoms with E-state index in [0.29, 0.717) is 21.4 Å². The quantitative estimate of drug-likeness (QED) is 0.332. The van der Waals surface area contributed by atoms with Crippen molar-refractivity contribution in [2.45, 2.75) is 33.9 Å². The molecule has 0 saturated heterocycles. The van der Waals surface area contributed by atoms with Crippen molar-refractivity contribution in [2.24, 2.45) is 0 Å². The van der Waals surface area contributed by atoms with E-state index in [1.165, 1.54) is 23.0 Å². The molecule has 8 heteroatoms. The number of halogens is 2. The number of anilines is 1. The first-order chi connectivity index (χ1) is 17.2. The Labute approximate surface area is 212 Å². The van der Waals surface area contributed by atoms with E-state index in [1.54, 1.807) is 16.7 Å². The Morgan fingerprint density at radius 2 is 1.78 bits per heavy atom. The van der Waals surface area contributed by atoms with Crippen LogP contribution in [-0.4, -0.2) is 20.0 Å². The van der Waals surface area contributed by atoms with Crippen molar-refractivity contribution in [3.05, 3.63) is 104 Å². The van der Waals surface area contributed by atoms with Gasteiger partial charge in [-0.3, -0.25) is 14.2 Å². The molecule has 182 valence electrons. The second kappa shape index (κ2) is 9.24. The van der Waals surface area contributed by atoms with Crippen LogP contribution >= 0.6 is 11.6 Å². The maximum Gasteiger partial charge on any atom is 0.278 e. The number of fused-ring (bicyclic) bond motifs is 3. The molecule has 3 aromatic carbocycles. The molecule has 0 unspecified atom stereocenters. The zero-order valence-electron chi connectivity index (χ0n) is 20.1. The van der Waals surface area contributed by atoms with E-state index in [2.05, 4.69) is 10.3 Å². The zero-order chi connectivity index (χ0) is 25.6. The molecule has 6 nitrogen and oxygen atoms in total. The number of benzene rings is 3. The molecule has 0 bridgehead atoms. The van der Waals surface area contributed by atoms with Crippen LogP contribution in [0.3, 0.4) is 0 Å². The third-order valence-electron chi connectivity index (χ3n) is 6.33. The molecule has 0 aliphatic heterocycles. The van der Waals surface area contributed by atoms with Crippen LogP contribution in [0.4, 0.5) is 10.1 Å². The summed E-state index contributed by atoms with van der Waals surface area (Å²) in [6.45, 7) is 5.96. The van der Waals surface area contributed by atoms with Gasteiger partial charge in [0.15, 0.2) is 0 Å². The van der Waals surface area contributed by atoms with Crippen LogP contribution in [0.15, 0.2) is 65.7 Å². The van der Waals surface area contributed by atoms with Gasteiger partial charge in [0.05, 0.1) is 18.4 Å². The Morgan fingerprint density at radius 3 is 2.50 bits per heavy atom. The van der Waals surface area contributed by atoms with E-state index in [0.717, 1.165) is 27.9 Å². The lowest BCUT2D eigenvalue weighted by molar-refractivity contribution is -0.116. The van der Waals surface area contributed by atoms with Crippen LogP contribution in [0.1, 0.15) is 22.3 Å². The van der Waals surface area contributed by atoms with E-state index in [4.69, 9.17) is 11.6 Å². The molecule has 0 radical (unpaired) electrons. The molecule has 1 N–H and O–H groups in total. The van der Waals surface area contributed by atoms with Gasteiger partial charge in [0.1, 0.15) is 23.4 Å². The van der Waals surface area contributed by atoms with E-state index < -0.39 is 5.82 Å². The average Bonchev–Trinajstić information content (AvgIpc) is 3.12. The van der Waals surface area contributed by atoms with Crippen LogP contribution in [0, 0.1) is 26.6 Å². The van der Waals surface area contributed by atoms with Gasteiger partial charge < -0.3 is 9.88 Å². The summed E-state index contributed by atoms with van der Waals surface area (Å²) in [6, 6.07) is 15.5. The molecule has 0 aliphatic carbocycles. The number of rotatable bonds is 5. The third-order valence-corrected chi connectivity index (χ3v) is 6.70. The summed E-state index contributed by atoms with van der Waals surface area (Å²) in [5, 5.41) is 4.00. The number of aromatic nitrogens is 3. The van der Waals surface area contributed by atoms with Gasteiger partial charge in [0, 0.05) is 16.1 Å². The fourth-order valence-electron chi connectivity index (χ4n) is 4.76. The number of hydrogen-bond acceptors (Lipinski definition) is 3. The molecule has 0 aliphatic rings. The second-order valence-corrected chi connectivity index (χ2v) is 9.44. The van der Waals surface area contributed by atoms with Gasteiger partial charge >= 0.3 is 0 Å². The smallest absolute Gasteiger partial charge is 0.278 e. The minimum atomic E-state index is -0.445. The third kappa shape index (κ3) is 4.27. The fraction of sp³-hybridized carbons (Fsp3) is 0.179. The molecule has 2 aromatic heterocycles. The van der Waals surface area contributed by atoms with Crippen LogP contribution in [-0.2, 0) is 17.9 Å². The van der Waals surface area contributed by atoms with Crippen molar-refractivity contribution < 1.29 is 9.18 Å². The summed E-state index contributed by atoms with van der Waals surface area (Å²) in [6.07, 6.45) is 1.43. The van der Waals surface area contributed by atoms with Crippen molar-refractivity contribution in [2.75, 3.05) is 5.32 Å². The molecule has 1 amide bonds. The Kier molecular flexibility index (Phi) is 6.10. The maximum absolute atomic E-state index is 14.1. The Morgan fingerprint density at radius 1 is 1.06 bits per heavy atom. The summed E-state index contributed by atoms with van der Waals surface area (Å²) in [4.78, 5) is 31.3. The average molecular weight is 503 g/mol. The molecule has 2 heterocycles. The van der Waals surface area contributed by atoms with Crippen molar-refractivity contribution in [1.29, 1.82) is 0 Å². The Hall–Kier alpha value is -3.97. The van der Waals surface area contributed by atoms with E-state index in [-0.39, 0.29) is 30.1 Å². The highest BCUT2D eigenvalue weighted by Gasteiger charge is 2.20. The lowest BCUT2D eigenvalue weighted by atomic mass is 10.1. The van der Waals surface area contributed by atoms with Gasteiger partial charge in [0.25, 0.3) is 5.56 Å². The predicted octanol–water partition coefficient (Wildman–Crippen LogP) is 5.76. The summed E-state index contributed by atoms with van der Waals surface area (Å²) in [5.74, 6) is -0.743. The lowest BCUT2D eigenvalue weighted by Crippen LogP contribution is -2.26. The van der Waals surface area contributed by atoms with Gasteiger partial charge in [-0.1, -0.05) is 47.5 Å². The zero-order valence-corrected chi connectivity index (χ0v) is 20.9. The van der Waals surface area contributed by atoms with Crippen molar-refractivity contribution in [3.63, 3.8) is 0 Å². The summed E-state index contributed by atoms with van der Waals surface area (Å²) < 4.78 is 17.2. The fourth-order valence-corrected chi connectivity index (χ4v) is 4.95. The SMILES string of the molecule is Cc1cc(C)c(NC(=O)Cn2c3ccc(F)cc3c3ncn(Cc4ccccc4Cl)c(=O)c32)c(C)c1. The van der Waals surface area contributed by atoms with Gasteiger partial charge in [0.2, 0.25) is 5.91 Å². The van der Waals surface area contributed by atoms with E-state index in [9.17, 15) is 14.0 Å². The minimum absolute atomic E-state index is 0.134. The standard InChI is InChI=1S/C28H24ClFN4O2/c1-16-10-17(2)25(18(3)11-16)32-24(35)14-34-23-9-8-20(30)12-21(23)26-27(34)28(36)33(15-31-26)13-19-6-4-5-7-22(19)29/h4-12,15H,13-14H2,1-3H3,(H,32,35). The number of amides is 1. The first-order valence-electron chi connectivity index (χ1n) is 11.5. The van der Waals surface area contributed by atoms with Crippen LogP contribution in [0.2, 0.25) is 5.02 Å². The molecule has 5 rings (SSSR count). The molecule has 0 saturated carbocycles. The van der Waals surface area contributed by atoms with Crippen molar-refractivity contribution >= 4 is 45.1 Å². The number of nitrogens with zero attached hydrogens (tertiary/aromatic N) is 3. The van der Waals surface area contributed by atoms with Gasteiger partial charge in [-0.2, -0.15) is 0 Å². The van der Waals surface area contributed by atoms with Crippen LogP contribution in [0.25, 0.3) is 21.9 Å². The molecule has 0 spiro atoms. The highest BCUT2D eigenvalue weighted by atomic mass is 35.5. The number of carbonyl (C=O) groups is 1. The second-order valence-electron chi connectivity index (χ2n) is 9.04. The van der Waals surface area contributed by atoms with Crippen LogP contribution < -0.4 is 10.9 Å². The highest BCUT2D eigenvalue weighted by molar-refractivity contribution is 6.31.